The lowest BCUT2D eigenvalue weighted by atomic mass is 10.1. The molecule has 0 radical (unpaired) electrons. The number of unbranched alkanes of at least 4 members (excludes halogenated alkanes) is 3. The van der Waals surface area contributed by atoms with Gasteiger partial charge in [-0.3, -0.25) is 0 Å². The molecule has 1 aromatic carbocycles. The Bertz CT molecular complexity index is 413. The maximum atomic E-state index is 9.88. The van der Waals surface area contributed by atoms with Crippen LogP contribution in [0.5, 0.6) is 11.5 Å². The Morgan fingerprint density at radius 2 is 2.10 bits per heavy atom. The van der Waals surface area contributed by atoms with Crippen LogP contribution in [0.4, 0.5) is 0 Å². The predicted octanol–water partition coefficient (Wildman–Crippen LogP) is 3.83. The summed E-state index contributed by atoms with van der Waals surface area (Å²) < 4.78 is 5.07. The van der Waals surface area contributed by atoms with Gasteiger partial charge >= 0.3 is 0 Å². The van der Waals surface area contributed by atoms with Crippen molar-refractivity contribution in [3.63, 3.8) is 0 Å². The Balaban J connectivity index is 2.35. The minimum Gasteiger partial charge on any atom is -0.504 e. The predicted molar refractivity (Wildman–Crippen MR) is 82.3 cm³/mol. The molecule has 1 rings (SSSR count). The third-order valence-electron chi connectivity index (χ3n) is 3.31. The van der Waals surface area contributed by atoms with Gasteiger partial charge in [0.25, 0.3) is 0 Å². The molecule has 20 heavy (non-hydrogen) atoms. The van der Waals surface area contributed by atoms with E-state index in [1.807, 2.05) is 18.2 Å². The van der Waals surface area contributed by atoms with E-state index in [0.29, 0.717) is 12.2 Å². The Morgan fingerprint density at radius 3 is 2.80 bits per heavy atom. The maximum absolute atomic E-state index is 9.88. The summed E-state index contributed by atoms with van der Waals surface area (Å²) in [5.74, 6) is 0.625. The van der Waals surface area contributed by atoms with Crippen LogP contribution in [-0.4, -0.2) is 23.4 Å². The molecule has 0 fully saturated rings. The number of hydrogen-bond donors (Lipinski definition) is 2. The first-order valence-electron chi connectivity index (χ1n) is 7.38. The summed E-state index contributed by atoms with van der Waals surface area (Å²) in [6.45, 7) is 2.19. The Hall–Kier alpha value is -1.48. The number of aliphatic hydroxyl groups excluding tert-OH is 1. The fraction of sp³-hybridized carbons (Fsp3) is 0.529. The van der Waals surface area contributed by atoms with Crippen LogP contribution in [0, 0.1) is 0 Å². The fourth-order valence-electron chi connectivity index (χ4n) is 2.05. The lowest BCUT2D eigenvalue weighted by Crippen LogP contribution is -2.04. The third-order valence-corrected chi connectivity index (χ3v) is 3.31. The van der Waals surface area contributed by atoms with Crippen LogP contribution in [0.15, 0.2) is 30.4 Å². The maximum Gasteiger partial charge on any atom is 0.160 e. The largest absolute Gasteiger partial charge is 0.504 e. The molecule has 1 unspecified atom stereocenters. The molecule has 0 aliphatic rings. The van der Waals surface area contributed by atoms with Crippen LogP contribution in [0.1, 0.15) is 44.6 Å². The van der Waals surface area contributed by atoms with Gasteiger partial charge in [0.1, 0.15) is 0 Å². The van der Waals surface area contributed by atoms with Crippen LogP contribution < -0.4 is 4.74 Å². The van der Waals surface area contributed by atoms with E-state index in [-0.39, 0.29) is 5.75 Å². The molecule has 0 bridgehead atoms. The summed E-state index contributed by atoms with van der Waals surface area (Å²) in [5, 5.41) is 19.4. The Labute approximate surface area is 121 Å². The quantitative estimate of drug-likeness (QED) is 0.533. The number of rotatable bonds is 9. The van der Waals surface area contributed by atoms with E-state index in [1.165, 1.54) is 26.4 Å². The first-order valence-corrected chi connectivity index (χ1v) is 7.38. The SMILES string of the molecule is CCCCCC=CC(O)CCc1ccc(O)c(OC)c1. The Morgan fingerprint density at radius 1 is 1.30 bits per heavy atom. The number of methoxy groups -OCH3 is 1. The molecule has 112 valence electrons. The second-order valence-electron chi connectivity index (χ2n) is 5.04. The van der Waals surface area contributed by atoms with E-state index in [2.05, 4.69) is 13.0 Å². The summed E-state index contributed by atoms with van der Waals surface area (Å²) in [5.41, 5.74) is 1.05. The molecule has 0 saturated heterocycles. The normalized spacial score (nSPS) is 12.8. The van der Waals surface area contributed by atoms with E-state index in [4.69, 9.17) is 4.74 Å². The van der Waals surface area contributed by atoms with E-state index in [1.54, 1.807) is 6.07 Å². The highest BCUT2D eigenvalue weighted by Crippen LogP contribution is 2.26. The molecule has 0 aromatic heterocycles. The fourth-order valence-corrected chi connectivity index (χ4v) is 2.05. The standard InChI is InChI=1S/C17H26O3/c1-3-4-5-6-7-8-15(18)11-9-14-10-12-16(19)17(13-14)20-2/h7-8,10,12-13,15,18-19H,3-6,9,11H2,1-2H3. The highest BCUT2D eigenvalue weighted by molar-refractivity contribution is 5.41. The minimum absolute atomic E-state index is 0.146. The van der Waals surface area contributed by atoms with Crippen molar-refractivity contribution in [3.05, 3.63) is 35.9 Å². The van der Waals surface area contributed by atoms with Gasteiger partial charge in [0.05, 0.1) is 13.2 Å². The van der Waals surface area contributed by atoms with Gasteiger partial charge < -0.3 is 14.9 Å². The summed E-state index contributed by atoms with van der Waals surface area (Å²) in [4.78, 5) is 0. The molecule has 0 saturated carbocycles. The van der Waals surface area contributed by atoms with Crippen molar-refractivity contribution in [1.82, 2.24) is 0 Å². The molecule has 0 aliphatic heterocycles. The summed E-state index contributed by atoms with van der Waals surface area (Å²) in [6.07, 6.45) is 9.68. The lowest BCUT2D eigenvalue weighted by Gasteiger charge is -2.08. The topological polar surface area (TPSA) is 49.7 Å². The second-order valence-corrected chi connectivity index (χ2v) is 5.04. The molecule has 3 heteroatoms. The average Bonchev–Trinajstić information content (AvgIpc) is 2.46. The number of phenolic OH excluding ortho intramolecular Hbond substituents is 1. The van der Waals surface area contributed by atoms with Gasteiger partial charge in [-0.25, -0.2) is 0 Å². The number of hydrogen-bond acceptors (Lipinski definition) is 3. The van der Waals surface area contributed by atoms with Crippen LogP contribution in [0.25, 0.3) is 0 Å². The monoisotopic (exact) mass is 278 g/mol. The van der Waals surface area contributed by atoms with Gasteiger partial charge in [-0.2, -0.15) is 0 Å². The van der Waals surface area contributed by atoms with Crippen LogP contribution in [-0.2, 0) is 6.42 Å². The number of phenols is 1. The molecular formula is C17H26O3. The zero-order chi connectivity index (χ0) is 14.8. The van der Waals surface area contributed by atoms with Gasteiger partial charge in [0.15, 0.2) is 11.5 Å². The molecule has 0 spiro atoms. The number of aromatic hydroxyl groups is 1. The van der Waals surface area contributed by atoms with Crippen molar-refractivity contribution in [2.24, 2.45) is 0 Å². The first-order chi connectivity index (χ1) is 9.67. The number of aryl methyl sites for hydroxylation is 1. The van der Waals surface area contributed by atoms with Crippen molar-refractivity contribution in [1.29, 1.82) is 0 Å². The van der Waals surface area contributed by atoms with Crippen molar-refractivity contribution < 1.29 is 14.9 Å². The number of allylic oxidation sites excluding steroid dienone is 1. The zero-order valence-corrected chi connectivity index (χ0v) is 12.5. The Kier molecular flexibility index (Phi) is 7.81. The zero-order valence-electron chi connectivity index (χ0n) is 12.5. The molecule has 1 aromatic rings. The summed E-state index contributed by atoms with van der Waals surface area (Å²) in [6, 6.07) is 5.30. The highest BCUT2D eigenvalue weighted by atomic mass is 16.5. The molecule has 0 heterocycles. The van der Waals surface area contributed by atoms with Crippen molar-refractivity contribution in [3.8, 4) is 11.5 Å². The first kappa shape index (κ1) is 16.6. The van der Waals surface area contributed by atoms with Crippen molar-refractivity contribution in [2.45, 2.75) is 51.6 Å². The average molecular weight is 278 g/mol. The molecular weight excluding hydrogens is 252 g/mol. The van der Waals surface area contributed by atoms with E-state index < -0.39 is 6.10 Å². The minimum atomic E-state index is -0.406. The van der Waals surface area contributed by atoms with E-state index >= 15 is 0 Å². The summed E-state index contributed by atoms with van der Waals surface area (Å²) >= 11 is 0. The number of aliphatic hydroxyl groups is 1. The van der Waals surface area contributed by atoms with Gasteiger partial charge in [0, 0.05) is 0 Å². The van der Waals surface area contributed by atoms with Gasteiger partial charge in [-0.15, -0.1) is 0 Å². The molecule has 2 N–H and O–H groups in total. The van der Waals surface area contributed by atoms with Crippen molar-refractivity contribution in [2.75, 3.05) is 7.11 Å². The van der Waals surface area contributed by atoms with Crippen LogP contribution >= 0.6 is 0 Å². The van der Waals surface area contributed by atoms with Crippen LogP contribution in [0.3, 0.4) is 0 Å². The van der Waals surface area contributed by atoms with Crippen molar-refractivity contribution >= 4 is 0 Å². The third kappa shape index (κ3) is 6.11. The molecule has 0 amide bonds. The number of benzene rings is 1. The number of ether oxygens (including phenoxy) is 1. The van der Waals surface area contributed by atoms with Gasteiger partial charge in [-0.1, -0.05) is 38.0 Å². The smallest absolute Gasteiger partial charge is 0.160 e. The molecule has 3 nitrogen and oxygen atoms in total. The van der Waals surface area contributed by atoms with Gasteiger partial charge in [-0.05, 0) is 43.4 Å². The molecule has 0 aliphatic carbocycles. The molecule has 1 atom stereocenters. The van der Waals surface area contributed by atoms with Crippen LogP contribution in [0.2, 0.25) is 0 Å². The van der Waals surface area contributed by atoms with Gasteiger partial charge in [0.2, 0.25) is 0 Å². The lowest BCUT2D eigenvalue weighted by molar-refractivity contribution is 0.212. The van der Waals surface area contributed by atoms with E-state index in [9.17, 15) is 10.2 Å². The summed E-state index contributed by atoms with van der Waals surface area (Å²) in [7, 11) is 1.53. The highest BCUT2D eigenvalue weighted by Gasteiger charge is 2.05. The van der Waals surface area contributed by atoms with E-state index in [0.717, 1.165) is 18.4 Å². The second kappa shape index (κ2) is 9.43.